The van der Waals surface area contributed by atoms with E-state index in [1.807, 2.05) is 0 Å². The summed E-state index contributed by atoms with van der Waals surface area (Å²) in [5.41, 5.74) is 0. The van der Waals surface area contributed by atoms with Crippen LogP contribution in [0, 0.1) is 0 Å². The fraction of sp³-hybridized carbons (Fsp3) is 0.212. The minimum absolute atomic E-state index is 0.252. The summed E-state index contributed by atoms with van der Waals surface area (Å²) in [5, 5.41) is 9.77. The molecule has 1 N–H and O–H groups in total. The van der Waals surface area contributed by atoms with Crippen molar-refractivity contribution in [3.63, 3.8) is 0 Å². The zero-order chi connectivity index (χ0) is 32.6. The Balaban J connectivity index is 0.000000636. The van der Waals surface area contributed by atoms with Gasteiger partial charge in [0.1, 0.15) is 0 Å². The molecule has 0 bridgehead atoms. The molecule has 4 aromatic rings. The first-order chi connectivity index (χ1) is 21.4. The number of carbonyl (C=O) groups excluding carboxylic acids is 2. The van der Waals surface area contributed by atoms with Crippen LogP contribution in [0.5, 0.6) is 0 Å². The van der Waals surface area contributed by atoms with Gasteiger partial charge in [-0.1, -0.05) is 72.8 Å². The fourth-order valence-electron chi connectivity index (χ4n) is 4.23. The van der Waals surface area contributed by atoms with Crippen molar-refractivity contribution in [3.05, 3.63) is 121 Å². The number of ether oxygens (including phenoxy) is 1. The molecule has 4 rings (SSSR count). The number of alkyl halides is 3. The Morgan fingerprint density at radius 1 is 0.682 bits per heavy atom. The number of benzene rings is 4. The number of nitrogens with one attached hydrogen (secondary N) is 1. The van der Waals surface area contributed by atoms with Gasteiger partial charge in [0.05, 0.1) is 56.0 Å². The van der Waals surface area contributed by atoms with Gasteiger partial charge in [-0.15, -0.1) is 0 Å². The summed E-state index contributed by atoms with van der Waals surface area (Å²) in [6.07, 6.45) is -2.44. The Labute approximate surface area is 275 Å². The molecular weight excluding hydrogens is 714 g/mol. The molecule has 0 saturated heterocycles. The Morgan fingerprint density at radius 2 is 0.955 bits per heavy atom. The van der Waals surface area contributed by atoms with E-state index in [0.717, 1.165) is 13.1 Å². The molecule has 0 aliphatic heterocycles. The van der Waals surface area contributed by atoms with Gasteiger partial charge in [-0.3, -0.25) is 6.79 Å². The second-order valence-corrected chi connectivity index (χ2v) is 14.1. The minimum atomic E-state index is -4.85. The summed E-state index contributed by atoms with van der Waals surface area (Å²) in [7, 11) is 3.09. The number of esters is 1. The maximum Gasteiger partial charge on any atom is 0.0967 e. The topological polar surface area (TPSA) is 55.4 Å². The summed E-state index contributed by atoms with van der Waals surface area (Å²) in [5.74, 6) is -2.13. The van der Waals surface area contributed by atoms with Crippen LogP contribution >= 0.6 is 25.5 Å². The molecular formula is C33H38ClF3NO3P2Ru+3. The molecule has 0 amide bonds. The molecule has 4 aromatic carbocycles. The Bertz CT molecular complexity index is 1120. The van der Waals surface area contributed by atoms with Gasteiger partial charge < -0.3 is 14.8 Å². The molecule has 4 nitrogen and oxygen atoms in total. The number of hydrogen-bond acceptors (Lipinski definition) is 4. The second-order valence-electron chi connectivity index (χ2n) is 8.89. The van der Waals surface area contributed by atoms with Crippen molar-refractivity contribution < 1.29 is 44.8 Å². The maximum atomic E-state index is 11.2. The van der Waals surface area contributed by atoms with E-state index in [4.69, 9.17) is 4.79 Å². The summed E-state index contributed by atoms with van der Waals surface area (Å²) in [6, 6.07) is 44.2. The second kappa shape index (κ2) is 23.9. The quantitative estimate of drug-likeness (QED) is 0.0545. The molecule has 236 valence electrons. The monoisotopic (exact) mass is 752 g/mol. The predicted molar refractivity (Wildman–Crippen MR) is 180 cm³/mol. The van der Waals surface area contributed by atoms with Crippen LogP contribution in [0.15, 0.2) is 121 Å². The third-order valence-corrected chi connectivity index (χ3v) is 11.7. The van der Waals surface area contributed by atoms with Gasteiger partial charge in [-0.05, 0) is 55.5 Å². The van der Waals surface area contributed by atoms with Gasteiger partial charge in [0.25, 0.3) is 0 Å². The molecule has 0 unspecified atom stereocenters. The van der Waals surface area contributed by atoms with Gasteiger partial charge in [0.15, 0.2) is 0 Å². The van der Waals surface area contributed by atoms with Crippen molar-refractivity contribution in [1.82, 2.24) is 5.32 Å². The number of hydrogen-bond donors (Lipinski definition) is 1. The normalized spacial score (nSPS) is 10.4. The number of rotatable bonds is 11. The standard InChI is InChI=1S/C28H29NP2.C4H5F3O2.CHO.ClH.Ru.H/c1-5-13-25(14-6-1)30(26-15-7-2-8-16-26)23-21-29-22-24-31(27-17-9-3-10-18-27)28-19-11-4-12-20-28;1-2-9-3(8)4(5,6)7;1-2;;;/h1-20,29H,21-24H2;2H2,1H3;1H;1H;;/q;;-1;;+3;/p+1. The van der Waals surface area contributed by atoms with E-state index in [2.05, 4.69) is 148 Å². The maximum absolute atomic E-state index is 11.2. The van der Waals surface area contributed by atoms with E-state index in [-0.39, 0.29) is 6.61 Å². The van der Waals surface area contributed by atoms with Crippen LogP contribution in [-0.4, -0.2) is 51.0 Å². The molecule has 0 spiro atoms. The van der Waals surface area contributed by atoms with Crippen LogP contribution in [0.1, 0.15) is 6.92 Å². The van der Waals surface area contributed by atoms with E-state index in [9.17, 15) is 18.0 Å². The van der Waals surface area contributed by atoms with Crippen molar-refractivity contribution in [2.75, 3.05) is 32.0 Å². The summed E-state index contributed by atoms with van der Waals surface area (Å²) >= 11 is 1.62. The third kappa shape index (κ3) is 15.0. The smallest absolute Gasteiger partial charge is 0.0967 e. The molecule has 0 aliphatic carbocycles. The molecule has 0 atom stereocenters. The van der Waals surface area contributed by atoms with Gasteiger partial charge in [0, 0.05) is 13.1 Å². The average molecular weight is 752 g/mol. The van der Waals surface area contributed by atoms with Crippen LogP contribution < -0.4 is 26.5 Å². The van der Waals surface area contributed by atoms with Crippen molar-refractivity contribution in [2.45, 2.75) is 13.1 Å². The van der Waals surface area contributed by atoms with Crippen molar-refractivity contribution in [2.24, 2.45) is 0 Å². The zero-order valence-corrected chi connectivity index (χ0v) is 28.9. The summed E-state index contributed by atoms with van der Waals surface area (Å²) in [4.78, 5) is 17.5. The van der Waals surface area contributed by atoms with E-state index in [0.29, 0.717) is 0 Å². The van der Waals surface area contributed by atoms with Crippen molar-refractivity contribution >= 4 is 59.5 Å². The van der Waals surface area contributed by atoms with Gasteiger partial charge in [-0.2, -0.15) is 13.2 Å². The Kier molecular flexibility index (Phi) is 21.5. The Morgan fingerprint density at radius 3 is 1.16 bits per heavy atom. The molecule has 0 radical (unpaired) electrons. The van der Waals surface area contributed by atoms with Gasteiger partial charge in [-0.25, -0.2) is 4.79 Å². The molecule has 0 saturated carbocycles. The Hall–Kier alpha value is -2.46. The number of carbonyl (C=O) groups is 1. The van der Waals surface area contributed by atoms with E-state index < -0.39 is 28.0 Å². The zero-order valence-electron chi connectivity index (χ0n) is 24.3. The first kappa shape index (κ1) is 39.6. The van der Waals surface area contributed by atoms with E-state index in [1.54, 1.807) is 17.3 Å². The fourth-order valence-corrected chi connectivity index (χ4v) is 9.29. The molecule has 11 heteroatoms. The van der Waals surface area contributed by atoms with Crippen LogP contribution in [0.25, 0.3) is 0 Å². The molecule has 0 aromatic heterocycles. The van der Waals surface area contributed by atoms with Gasteiger partial charge >= 0.3 is 39.1 Å². The first-order valence-electron chi connectivity index (χ1n) is 13.7. The predicted octanol–water partition coefficient (Wildman–Crippen LogP) is 5.56. The summed E-state index contributed by atoms with van der Waals surface area (Å²) in [6.45, 7) is 6.44. The van der Waals surface area contributed by atoms with E-state index in [1.165, 1.54) is 40.5 Å². The minimum Gasteiger partial charge on any atom is -0.310 e. The van der Waals surface area contributed by atoms with Crippen molar-refractivity contribution in [3.8, 4) is 0 Å². The first-order valence-corrected chi connectivity index (χ1v) is 19.5. The van der Waals surface area contributed by atoms with E-state index >= 15 is 0 Å². The molecule has 44 heavy (non-hydrogen) atoms. The average Bonchev–Trinajstić information content (AvgIpc) is 3.08. The van der Waals surface area contributed by atoms with Crippen LogP contribution in [0.3, 0.4) is 0 Å². The third-order valence-electron chi connectivity index (χ3n) is 6.10. The SMILES string of the molecule is CCOC(=O)C(F)(F)F.[CH-]=O.[Cl][RuH+2].c1ccc([PH+](CCNCC[PH+](c2ccccc2)c2ccccc2)c2ccccc2)cc1. The van der Waals surface area contributed by atoms with Gasteiger partial charge in [0.2, 0.25) is 0 Å². The van der Waals surface area contributed by atoms with Crippen molar-refractivity contribution in [1.29, 1.82) is 0 Å². The van der Waals surface area contributed by atoms with Crippen LogP contribution in [0.4, 0.5) is 13.2 Å². The molecule has 0 aliphatic rings. The molecule has 0 fully saturated rings. The van der Waals surface area contributed by atoms with Crippen LogP contribution in [-0.2, 0) is 31.6 Å². The largest absolute Gasteiger partial charge is 0.310 e. The van der Waals surface area contributed by atoms with Crippen LogP contribution in [0.2, 0.25) is 0 Å². The summed E-state index contributed by atoms with van der Waals surface area (Å²) < 4.78 is 37.1. The number of halogens is 4. The molecule has 0 heterocycles.